The van der Waals surface area contributed by atoms with Gasteiger partial charge in [-0.1, -0.05) is 13.8 Å². The van der Waals surface area contributed by atoms with Crippen molar-refractivity contribution in [1.82, 2.24) is 15.3 Å². The largest absolute Gasteiger partial charge is 0.386 e. The lowest BCUT2D eigenvalue weighted by Gasteiger charge is -2.33. The van der Waals surface area contributed by atoms with E-state index in [9.17, 15) is 4.39 Å². The molecule has 3 rings (SSSR count). The number of halogens is 1. The summed E-state index contributed by atoms with van der Waals surface area (Å²) in [7, 11) is 3.57. The number of rotatable bonds is 5. The van der Waals surface area contributed by atoms with Gasteiger partial charge in [-0.15, -0.1) is 0 Å². The van der Waals surface area contributed by atoms with Crippen LogP contribution in [0.3, 0.4) is 0 Å². The van der Waals surface area contributed by atoms with Gasteiger partial charge in [0.15, 0.2) is 0 Å². The van der Waals surface area contributed by atoms with E-state index in [4.69, 9.17) is 9.72 Å². The van der Waals surface area contributed by atoms with E-state index in [0.29, 0.717) is 6.61 Å². The van der Waals surface area contributed by atoms with Crippen molar-refractivity contribution in [3.8, 4) is 11.3 Å². The van der Waals surface area contributed by atoms with Crippen LogP contribution in [0.15, 0.2) is 35.3 Å². The van der Waals surface area contributed by atoms with Gasteiger partial charge in [0.05, 0.1) is 23.7 Å². The molecule has 144 valence electrons. The van der Waals surface area contributed by atoms with Crippen LogP contribution < -0.4 is 5.32 Å². The van der Waals surface area contributed by atoms with Gasteiger partial charge in [0.2, 0.25) is 0 Å². The number of nitrogens with one attached hydrogen (secondary N) is 2. The van der Waals surface area contributed by atoms with Crippen LogP contribution in [0, 0.1) is 11.2 Å². The topological polar surface area (TPSA) is 62.3 Å². The number of allylic oxidation sites excluding steroid dienone is 1. The summed E-state index contributed by atoms with van der Waals surface area (Å²) in [5, 5.41) is 3.19. The van der Waals surface area contributed by atoms with E-state index in [1.807, 2.05) is 13.1 Å². The molecule has 2 aromatic rings. The van der Waals surface area contributed by atoms with E-state index in [1.54, 1.807) is 25.4 Å². The molecular formula is C21H27FN4O. The van der Waals surface area contributed by atoms with Crippen LogP contribution in [0.1, 0.15) is 44.3 Å². The molecule has 1 saturated heterocycles. The summed E-state index contributed by atoms with van der Waals surface area (Å²) in [6, 6.07) is 6.38. The zero-order valence-electron chi connectivity index (χ0n) is 16.3. The van der Waals surface area contributed by atoms with E-state index >= 15 is 0 Å². The second-order valence-electron chi connectivity index (χ2n) is 7.59. The summed E-state index contributed by atoms with van der Waals surface area (Å²) < 4.78 is 19.5. The molecule has 1 fully saturated rings. The van der Waals surface area contributed by atoms with Crippen molar-refractivity contribution >= 4 is 11.9 Å². The SMILES string of the molecule is CN=C/C=C(\NC)c1[nH]c(C2CCC(C)(C)CO2)nc1-c1ccc(F)cc1. The smallest absolute Gasteiger partial charge is 0.136 e. The number of aromatic nitrogens is 2. The fraction of sp³-hybridized carbons (Fsp3) is 0.429. The highest BCUT2D eigenvalue weighted by Gasteiger charge is 2.31. The molecule has 1 aromatic carbocycles. The molecular weight excluding hydrogens is 343 g/mol. The monoisotopic (exact) mass is 370 g/mol. The number of H-pyrrole nitrogens is 1. The van der Waals surface area contributed by atoms with Crippen molar-refractivity contribution in [3.05, 3.63) is 47.7 Å². The van der Waals surface area contributed by atoms with Crippen molar-refractivity contribution in [2.24, 2.45) is 10.4 Å². The Kier molecular flexibility index (Phi) is 5.75. The van der Waals surface area contributed by atoms with Crippen molar-refractivity contribution < 1.29 is 9.13 Å². The normalized spacial score (nSPS) is 20.2. The first-order valence-corrected chi connectivity index (χ1v) is 9.21. The third kappa shape index (κ3) is 4.45. The highest BCUT2D eigenvalue weighted by Crippen LogP contribution is 2.37. The van der Waals surface area contributed by atoms with Gasteiger partial charge in [-0.2, -0.15) is 0 Å². The van der Waals surface area contributed by atoms with Crippen LogP contribution >= 0.6 is 0 Å². The Labute approximate surface area is 159 Å². The number of benzene rings is 1. The van der Waals surface area contributed by atoms with Crippen LogP contribution in [-0.4, -0.2) is 36.9 Å². The molecule has 0 bridgehead atoms. The van der Waals surface area contributed by atoms with Crippen LogP contribution in [0.2, 0.25) is 0 Å². The van der Waals surface area contributed by atoms with Crippen LogP contribution in [0.25, 0.3) is 17.0 Å². The minimum atomic E-state index is -0.267. The van der Waals surface area contributed by atoms with E-state index in [0.717, 1.165) is 41.3 Å². The molecule has 1 atom stereocenters. The fourth-order valence-corrected chi connectivity index (χ4v) is 3.22. The molecule has 1 aliphatic rings. The summed E-state index contributed by atoms with van der Waals surface area (Å²) >= 11 is 0. The number of imidazole rings is 1. The molecule has 1 aromatic heterocycles. The molecule has 1 aliphatic heterocycles. The number of hydrogen-bond acceptors (Lipinski definition) is 4. The summed E-state index contributed by atoms with van der Waals surface area (Å²) in [4.78, 5) is 12.3. The Morgan fingerprint density at radius 3 is 2.70 bits per heavy atom. The molecule has 2 N–H and O–H groups in total. The summed E-state index contributed by atoms with van der Waals surface area (Å²) in [6.07, 6.45) is 5.54. The van der Waals surface area contributed by atoms with Gasteiger partial charge in [0.25, 0.3) is 0 Å². The number of aliphatic imine (C=N–C) groups is 1. The molecule has 0 spiro atoms. The molecule has 27 heavy (non-hydrogen) atoms. The van der Waals surface area contributed by atoms with E-state index in [1.165, 1.54) is 12.1 Å². The van der Waals surface area contributed by atoms with Gasteiger partial charge in [-0.3, -0.25) is 4.99 Å². The minimum Gasteiger partial charge on any atom is -0.386 e. The maximum Gasteiger partial charge on any atom is 0.136 e. The number of hydrogen-bond donors (Lipinski definition) is 2. The van der Waals surface area contributed by atoms with Crippen LogP contribution in [-0.2, 0) is 4.74 Å². The average molecular weight is 370 g/mol. The third-order valence-electron chi connectivity index (χ3n) is 4.83. The fourth-order valence-electron chi connectivity index (χ4n) is 3.22. The quantitative estimate of drug-likeness (QED) is 0.769. The lowest BCUT2D eigenvalue weighted by molar-refractivity contribution is -0.0534. The molecule has 0 amide bonds. The lowest BCUT2D eigenvalue weighted by Crippen LogP contribution is -2.28. The maximum absolute atomic E-state index is 13.4. The Bertz CT molecular complexity index is 826. The average Bonchev–Trinajstić information content (AvgIpc) is 3.08. The maximum atomic E-state index is 13.4. The predicted molar refractivity (Wildman–Crippen MR) is 107 cm³/mol. The van der Waals surface area contributed by atoms with E-state index in [2.05, 4.69) is 29.1 Å². The number of aromatic amines is 1. The van der Waals surface area contributed by atoms with Gasteiger partial charge >= 0.3 is 0 Å². The zero-order valence-corrected chi connectivity index (χ0v) is 16.3. The Hall–Kier alpha value is -2.47. The molecule has 6 heteroatoms. The third-order valence-corrected chi connectivity index (χ3v) is 4.83. The first-order valence-electron chi connectivity index (χ1n) is 9.21. The van der Waals surface area contributed by atoms with Crippen molar-refractivity contribution in [2.75, 3.05) is 20.7 Å². The standard InChI is InChI=1S/C21H27FN4O/c1-21(2)11-9-17(27-13-21)20-25-18(14-5-7-15(22)8-6-14)19(26-20)16(24-4)10-12-23-3/h5-8,10,12,17,24H,9,11,13H2,1-4H3,(H,25,26)/b16-10-,23-12?. The van der Waals surface area contributed by atoms with Gasteiger partial charge in [0, 0.05) is 25.9 Å². The van der Waals surface area contributed by atoms with Crippen molar-refractivity contribution in [3.63, 3.8) is 0 Å². The Morgan fingerprint density at radius 2 is 2.11 bits per heavy atom. The number of ether oxygens (including phenoxy) is 1. The van der Waals surface area contributed by atoms with Gasteiger partial charge in [-0.25, -0.2) is 9.37 Å². The second-order valence-corrected chi connectivity index (χ2v) is 7.59. The molecule has 0 aliphatic carbocycles. The van der Waals surface area contributed by atoms with Crippen LogP contribution in [0.4, 0.5) is 4.39 Å². The molecule has 0 radical (unpaired) electrons. The predicted octanol–water partition coefficient (Wildman–Crippen LogP) is 4.35. The molecule has 0 saturated carbocycles. The van der Waals surface area contributed by atoms with Gasteiger partial charge in [-0.05, 0) is 48.6 Å². The van der Waals surface area contributed by atoms with E-state index in [-0.39, 0.29) is 17.3 Å². The molecule has 5 nitrogen and oxygen atoms in total. The zero-order chi connectivity index (χ0) is 19.4. The highest BCUT2D eigenvalue weighted by molar-refractivity contribution is 5.86. The van der Waals surface area contributed by atoms with Crippen molar-refractivity contribution in [2.45, 2.75) is 32.8 Å². The van der Waals surface area contributed by atoms with E-state index < -0.39 is 0 Å². The van der Waals surface area contributed by atoms with Crippen LogP contribution in [0.5, 0.6) is 0 Å². The Balaban J connectivity index is 2.02. The summed E-state index contributed by atoms with van der Waals surface area (Å²) in [5.41, 5.74) is 3.50. The molecule has 2 heterocycles. The number of nitrogens with zero attached hydrogens (tertiary/aromatic N) is 2. The minimum absolute atomic E-state index is 0.0658. The first kappa shape index (κ1) is 19.3. The molecule has 1 unspecified atom stereocenters. The van der Waals surface area contributed by atoms with Gasteiger partial charge < -0.3 is 15.0 Å². The lowest BCUT2D eigenvalue weighted by atomic mass is 9.85. The van der Waals surface area contributed by atoms with Crippen molar-refractivity contribution in [1.29, 1.82) is 0 Å². The highest BCUT2D eigenvalue weighted by atomic mass is 19.1. The second kappa shape index (κ2) is 8.05. The summed E-state index contributed by atoms with van der Waals surface area (Å²) in [5.74, 6) is 0.533. The summed E-state index contributed by atoms with van der Waals surface area (Å²) in [6.45, 7) is 5.14. The Morgan fingerprint density at radius 1 is 1.37 bits per heavy atom. The van der Waals surface area contributed by atoms with Gasteiger partial charge in [0.1, 0.15) is 17.7 Å². The first-order chi connectivity index (χ1) is 12.9.